The van der Waals surface area contributed by atoms with E-state index in [-0.39, 0.29) is 22.5 Å². The number of H-pyrrole nitrogens is 1. The molecule has 2 N–H and O–H groups in total. The van der Waals surface area contributed by atoms with Crippen molar-refractivity contribution in [2.45, 2.75) is 19.8 Å². The van der Waals surface area contributed by atoms with E-state index < -0.39 is 11.5 Å². The molecule has 0 saturated carbocycles. The fourth-order valence-electron chi connectivity index (χ4n) is 4.27. The Morgan fingerprint density at radius 1 is 0.970 bits per heavy atom. The van der Waals surface area contributed by atoms with E-state index >= 15 is 0 Å². The van der Waals surface area contributed by atoms with Gasteiger partial charge in [0.25, 0.3) is 5.56 Å². The summed E-state index contributed by atoms with van der Waals surface area (Å²) in [6, 6.07) is 17.8. The molecule has 3 heterocycles. The maximum atomic E-state index is 13.6. The molecule has 2 aromatic carbocycles. The molecule has 3 aromatic heterocycles. The minimum absolute atomic E-state index is 0.000474. The summed E-state index contributed by atoms with van der Waals surface area (Å²) in [5.41, 5.74) is 2.28. The molecule has 0 radical (unpaired) electrons. The average Bonchev–Trinajstić information content (AvgIpc) is 3.11. The highest BCUT2D eigenvalue weighted by molar-refractivity contribution is 5.84. The van der Waals surface area contributed by atoms with Crippen molar-refractivity contribution in [1.29, 1.82) is 0 Å². The molecule has 7 nitrogen and oxygen atoms in total. The van der Waals surface area contributed by atoms with E-state index in [9.17, 15) is 14.7 Å². The van der Waals surface area contributed by atoms with Crippen LogP contribution >= 0.6 is 0 Å². The smallest absolute Gasteiger partial charge is 0.344 e. The molecule has 164 valence electrons. The fourth-order valence-corrected chi connectivity index (χ4v) is 4.27. The fraction of sp³-hybridized carbons (Fsp3) is 0.115. The topological polar surface area (TPSA) is 101 Å². The highest BCUT2D eigenvalue weighted by Crippen LogP contribution is 2.38. The summed E-state index contributed by atoms with van der Waals surface area (Å²) in [5, 5.41) is 14.7. The highest BCUT2D eigenvalue weighted by atomic mass is 16.4. The SMILES string of the molecule is Cc1cncc(C(c2c(O)c3ccccc3oc2=O)c2c(C)[nH]n(-c3ccccc3)c2=O)c1. The van der Waals surface area contributed by atoms with Crippen LogP contribution in [0.5, 0.6) is 5.75 Å². The first-order valence-corrected chi connectivity index (χ1v) is 10.5. The number of pyridine rings is 1. The summed E-state index contributed by atoms with van der Waals surface area (Å²) in [6.45, 7) is 3.65. The quantitative estimate of drug-likeness (QED) is 0.409. The van der Waals surface area contributed by atoms with Gasteiger partial charge in [0.2, 0.25) is 0 Å². The average molecular weight is 439 g/mol. The van der Waals surface area contributed by atoms with Gasteiger partial charge in [-0.25, -0.2) is 9.48 Å². The van der Waals surface area contributed by atoms with Crippen LogP contribution in [0.15, 0.2) is 87.1 Å². The molecule has 0 aliphatic carbocycles. The number of hydrogen-bond acceptors (Lipinski definition) is 5. The van der Waals surface area contributed by atoms with Crippen LogP contribution in [0.2, 0.25) is 0 Å². The Balaban J connectivity index is 1.84. The van der Waals surface area contributed by atoms with Gasteiger partial charge in [0.05, 0.1) is 28.1 Å². The molecule has 0 bridgehead atoms. The predicted octanol–water partition coefficient (Wildman–Crippen LogP) is 4.17. The Labute approximate surface area is 188 Å². The number of aromatic amines is 1. The number of rotatable bonds is 4. The normalized spacial score (nSPS) is 12.2. The molecule has 5 aromatic rings. The van der Waals surface area contributed by atoms with Gasteiger partial charge in [0.15, 0.2) is 0 Å². The van der Waals surface area contributed by atoms with Crippen LogP contribution in [0.25, 0.3) is 16.7 Å². The third-order valence-electron chi connectivity index (χ3n) is 5.76. The van der Waals surface area contributed by atoms with Crippen molar-refractivity contribution in [3.8, 4) is 11.4 Å². The first kappa shape index (κ1) is 20.5. The Kier molecular flexibility index (Phi) is 4.94. The van der Waals surface area contributed by atoms with Gasteiger partial charge in [-0.1, -0.05) is 36.4 Å². The first-order valence-electron chi connectivity index (χ1n) is 10.5. The van der Waals surface area contributed by atoms with Crippen LogP contribution in [0, 0.1) is 13.8 Å². The van der Waals surface area contributed by atoms with Crippen molar-refractivity contribution in [3.63, 3.8) is 0 Å². The van der Waals surface area contributed by atoms with Crippen molar-refractivity contribution in [2.24, 2.45) is 0 Å². The van der Waals surface area contributed by atoms with E-state index in [4.69, 9.17) is 4.42 Å². The molecule has 33 heavy (non-hydrogen) atoms. The number of nitrogens with one attached hydrogen (secondary N) is 1. The Morgan fingerprint density at radius 3 is 2.45 bits per heavy atom. The largest absolute Gasteiger partial charge is 0.507 e. The molecule has 0 saturated heterocycles. The molecule has 1 atom stereocenters. The Bertz CT molecular complexity index is 1600. The van der Waals surface area contributed by atoms with Crippen molar-refractivity contribution in [3.05, 3.63) is 122 Å². The number of aryl methyl sites for hydroxylation is 2. The summed E-state index contributed by atoms with van der Waals surface area (Å²) in [4.78, 5) is 31.1. The maximum Gasteiger partial charge on any atom is 0.344 e. The lowest BCUT2D eigenvalue weighted by atomic mass is 9.85. The highest BCUT2D eigenvalue weighted by Gasteiger charge is 2.31. The summed E-state index contributed by atoms with van der Waals surface area (Å²) in [7, 11) is 0. The van der Waals surface area contributed by atoms with E-state index in [0.717, 1.165) is 5.56 Å². The van der Waals surface area contributed by atoms with E-state index in [1.165, 1.54) is 4.68 Å². The van der Waals surface area contributed by atoms with Crippen LogP contribution < -0.4 is 11.2 Å². The van der Waals surface area contributed by atoms with Crippen LogP contribution in [0.4, 0.5) is 0 Å². The van der Waals surface area contributed by atoms with Crippen LogP contribution in [-0.4, -0.2) is 19.9 Å². The molecule has 7 heteroatoms. The van der Waals surface area contributed by atoms with Gasteiger partial charge in [0, 0.05) is 18.1 Å². The lowest BCUT2D eigenvalue weighted by Crippen LogP contribution is -2.24. The zero-order chi connectivity index (χ0) is 23.1. The zero-order valence-corrected chi connectivity index (χ0v) is 18.1. The van der Waals surface area contributed by atoms with E-state index in [0.29, 0.717) is 27.9 Å². The molecular formula is C26H21N3O4. The van der Waals surface area contributed by atoms with Gasteiger partial charge in [-0.2, -0.15) is 0 Å². The van der Waals surface area contributed by atoms with Gasteiger partial charge in [-0.15, -0.1) is 0 Å². The van der Waals surface area contributed by atoms with Crippen molar-refractivity contribution >= 4 is 11.0 Å². The summed E-state index contributed by atoms with van der Waals surface area (Å²) < 4.78 is 6.98. The van der Waals surface area contributed by atoms with Gasteiger partial charge in [-0.3, -0.25) is 14.9 Å². The lowest BCUT2D eigenvalue weighted by Gasteiger charge is -2.18. The van der Waals surface area contributed by atoms with Crippen LogP contribution in [0.1, 0.15) is 33.9 Å². The summed E-state index contributed by atoms with van der Waals surface area (Å²) in [5.74, 6) is -1.09. The monoisotopic (exact) mass is 439 g/mol. The maximum absolute atomic E-state index is 13.6. The van der Waals surface area contributed by atoms with Crippen molar-refractivity contribution in [1.82, 2.24) is 14.8 Å². The number of fused-ring (bicyclic) bond motifs is 1. The van der Waals surface area contributed by atoms with E-state index in [1.807, 2.05) is 43.3 Å². The van der Waals surface area contributed by atoms with Gasteiger partial charge >= 0.3 is 5.63 Å². The number of aromatic nitrogens is 3. The van der Waals surface area contributed by atoms with Gasteiger partial charge < -0.3 is 9.52 Å². The van der Waals surface area contributed by atoms with Crippen LogP contribution in [0.3, 0.4) is 0 Å². The minimum atomic E-state index is -0.882. The standard InChI is InChI=1S/C26H21N3O4/c1-15-12-17(14-27-13-15)22(23-24(30)19-10-6-7-11-20(19)33-26(23)32)21-16(2)28-29(25(21)31)18-8-4-3-5-9-18/h3-14,22,28,30H,1-2H3. The van der Waals surface area contributed by atoms with Gasteiger partial charge in [-0.05, 0) is 49.2 Å². The second kappa shape index (κ2) is 7.94. The molecule has 5 rings (SSSR count). The summed E-state index contributed by atoms with van der Waals surface area (Å²) >= 11 is 0. The number of hydrogen-bond donors (Lipinski definition) is 2. The van der Waals surface area contributed by atoms with E-state index in [2.05, 4.69) is 10.1 Å². The molecule has 0 spiro atoms. The number of para-hydroxylation sites is 2. The Hall–Kier alpha value is -4.39. The van der Waals surface area contributed by atoms with E-state index in [1.54, 1.807) is 43.6 Å². The number of benzene rings is 2. The van der Waals surface area contributed by atoms with Crippen LogP contribution in [-0.2, 0) is 0 Å². The molecule has 1 unspecified atom stereocenters. The second-order valence-corrected chi connectivity index (χ2v) is 8.00. The number of nitrogens with zero attached hydrogens (tertiary/aromatic N) is 2. The molecule has 0 aliphatic heterocycles. The first-order chi connectivity index (χ1) is 16.0. The lowest BCUT2D eigenvalue weighted by molar-refractivity contribution is 0.455. The molecule has 0 aliphatic rings. The third kappa shape index (κ3) is 3.43. The zero-order valence-electron chi connectivity index (χ0n) is 18.1. The predicted molar refractivity (Wildman–Crippen MR) is 125 cm³/mol. The molecule has 0 fully saturated rings. The number of aromatic hydroxyl groups is 1. The molecular weight excluding hydrogens is 418 g/mol. The second-order valence-electron chi connectivity index (χ2n) is 8.00. The molecule has 0 amide bonds. The van der Waals surface area contributed by atoms with Gasteiger partial charge in [0.1, 0.15) is 11.3 Å². The summed E-state index contributed by atoms with van der Waals surface area (Å²) in [6.07, 6.45) is 3.29. The van der Waals surface area contributed by atoms with Crippen molar-refractivity contribution < 1.29 is 9.52 Å². The van der Waals surface area contributed by atoms with Crippen molar-refractivity contribution in [2.75, 3.05) is 0 Å². The Morgan fingerprint density at radius 2 is 1.70 bits per heavy atom. The third-order valence-corrected chi connectivity index (χ3v) is 5.76. The minimum Gasteiger partial charge on any atom is -0.507 e.